The molecule has 1 aromatic rings. The molecule has 0 heterocycles. The summed E-state index contributed by atoms with van der Waals surface area (Å²) in [6.45, 7) is 2.99. The Morgan fingerprint density at radius 2 is 1.88 bits per heavy atom. The standard InChI is InChI=1S/C11H13F3N2O/c1-10(2,9(15)17)16-8-5-3-4-7(6-8)11(12,13)14/h3-6,16H,1-2H3,(H2,15,17). The SMILES string of the molecule is CC(C)(Nc1cccc(C(F)(F)F)c1)C(N)=O. The number of anilines is 1. The molecule has 17 heavy (non-hydrogen) atoms. The van der Waals surface area contributed by atoms with E-state index in [9.17, 15) is 18.0 Å². The van der Waals surface area contributed by atoms with E-state index in [1.54, 1.807) is 0 Å². The van der Waals surface area contributed by atoms with E-state index in [0.29, 0.717) is 0 Å². The minimum absolute atomic E-state index is 0.198. The maximum absolute atomic E-state index is 12.4. The van der Waals surface area contributed by atoms with Crippen LogP contribution >= 0.6 is 0 Å². The summed E-state index contributed by atoms with van der Waals surface area (Å²) in [4.78, 5) is 11.0. The van der Waals surface area contributed by atoms with Gasteiger partial charge in [-0.3, -0.25) is 4.79 Å². The zero-order valence-electron chi connectivity index (χ0n) is 9.43. The van der Waals surface area contributed by atoms with Crippen molar-refractivity contribution < 1.29 is 18.0 Å². The van der Waals surface area contributed by atoms with Crippen molar-refractivity contribution in [1.29, 1.82) is 0 Å². The van der Waals surface area contributed by atoms with Crippen LogP contribution in [0.4, 0.5) is 18.9 Å². The molecule has 0 aliphatic carbocycles. The summed E-state index contributed by atoms with van der Waals surface area (Å²) >= 11 is 0. The van der Waals surface area contributed by atoms with Gasteiger partial charge in [0.15, 0.2) is 0 Å². The van der Waals surface area contributed by atoms with Crippen LogP contribution < -0.4 is 11.1 Å². The van der Waals surface area contributed by atoms with Gasteiger partial charge in [-0.15, -0.1) is 0 Å². The van der Waals surface area contributed by atoms with E-state index in [-0.39, 0.29) is 5.69 Å². The lowest BCUT2D eigenvalue weighted by atomic mass is 10.0. The molecule has 0 bridgehead atoms. The third-order valence-corrected chi connectivity index (χ3v) is 2.26. The minimum Gasteiger partial charge on any atom is -0.372 e. The molecule has 0 spiro atoms. The molecule has 0 unspecified atom stereocenters. The van der Waals surface area contributed by atoms with Crippen LogP contribution in [0.3, 0.4) is 0 Å². The molecule has 0 fully saturated rings. The van der Waals surface area contributed by atoms with Crippen LogP contribution in [0.15, 0.2) is 24.3 Å². The zero-order valence-corrected chi connectivity index (χ0v) is 9.43. The Kier molecular flexibility index (Phi) is 3.35. The van der Waals surface area contributed by atoms with Gasteiger partial charge < -0.3 is 11.1 Å². The molecule has 0 aromatic heterocycles. The second kappa shape index (κ2) is 4.27. The fraction of sp³-hybridized carbons (Fsp3) is 0.364. The molecule has 0 aliphatic rings. The van der Waals surface area contributed by atoms with E-state index in [4.69, 9.17) is 5.73 Å². The van der Waals surface area contributed by atoms with Crippen LogP contribution in [-0.2, 0) is 11.0 Å². The number of halogens is 3. The average Bonchev–Trinajstić information content (AvgIpc) is 2.15. The lowest BCUT2D eigenvalue weighted by Gasteiger charge is -2.24. The summed E-state index contributed by atoms with van der Waals surface area (Å²) in [5.74, 6) is -0.644. The molecule has 1 rings (SSSR count). The van der Waals surface area contributed by atoms with Crippen LogP contribution in [0.5, 0.6) is 0 Å². The van der Waals surface area contributed by atoms with E-state index in [2.05, 4.69) is 5.32 Å². The van der Waals surface area contributed by atoms with E-state index in [1.165, 1.54) is 26.0 Å². The lowest BCUT2D eigenvalue weighted by molar-refractivity contribution is -0.137. The van der Waals surface area contributed by atoms with Crippen molar-refractivity contribution >= 4 is 11.6 Å². The van der Waals surface area contributed by atoms with Gasteiger partial charge in [-0.2, -0.15) is 13.2 Å². The second-order valence-electron chi connectivity index (χ2n) is 4.19. The largest absolute Gasteiger partial charge is 0.416 e. The number of hydrogen-bond donors (Lipinski definition) is 2. The number of nitrogens with one attached hydrogen (secondary N) is 1. The summed E-state index contributed by atoms with van der Waals surface area (Å²) < 4.78 is 37.3. The molecule has 94 valence electrons. The van der Waals surface area contributed by atoms with Crippen molar-refractivity contribution in [1.82, 2.24) is 0 Å². The van der Waals surface area contributed by atoms with Crippen LogP contribution in [0.1, 0.15) is 19.4 Å². The molecule has 6 heteroatoms. The second-order valence-corrected chi connectivity index (χ2v) is 4.19. The van der Waals surface area contributed by atoms with Gasteiger partial charge in [0, 0.05) is 5.69 Å². The topological polar surface area (TPSA) is 55.1 Å². The van der Waals surface area contributed by atoms with Gasteiger partial charge in [0.1, 0.15) is 5.54 Å². The molecule has 0 saturated carbocycles. The fourth-order valence-electron chi connectivity index (χ4n) is 1.20. The zero-order chi connectivity index (χ0) is 13.3. The summed E-state index contributed by atoms with van der Waals surface area (Å²) in [5, 5.41) is 2.66. The van der Waals surface area contributed by atoms with Crippen molar-refractivity contribution in [3.8, 4) is 0 Å². The van der Waals surface area contributed by atoms with Gasteiger partial charge in [-0.1, -0.05) is 6.07 Å². The molecule has 1 amide bonds. The summed E-state index contributed by atoms with van der Waals surface area (Å²) in [5.41, 5.74) is 3.43. The molecule has 0 aliphatic heterocycles. The van der Waals surface area contributed by atoms with Gasteiger partial charge in [-0.05, 0) is 32.0 Å². The molecule has 3 nitrogen and oxygen atoms in total. The summed E-state index contributed by atoms with van der Waals surface area (Å²) in [6.07, 6.45) is -4.41. The van der Waals surface area contributed by atoms with Gasteiger partial charge in [0.2, 0.25) is 5.91 Å². The van der Waals surface area contributed by atoms with Crippen molar-refractivity contribution in [2.24, 2.45) is 5.73 Å². The predicted molar refractivity (Wildman–Crippen MR) is 58.3 cm³/mol. The lowest BCUT2D eigenvalue weighted by Crippen LogP contribution is -2.45. The van der Waals surface area contributed by atoms with Crippen molar-refractivity contribution in [2.45, 2.75) is 25.6 Å². The first-order valence-electron chi connectivity index (χ1n) is 4.88. The average molecular weight is 246 g/mol. The third-order valence-electron chi connectivity index (χ3n) is 2.26. The van der Waals surface area contributed by atoms with E-state index >= 15 is 0 Å². The number of carbonyl (C=O) groups excluding carboxylic acids is 1. The molecule has 0 radical (unpaired) electrons. The van der Waals surface area contributed by atoms with Gasteiger partial charge >= 0.3 is 6.18 Å². The molecular formula is C11H13F3N2O. The Bertz CT molecular complexity index is 427. The van der Waals surface area contributed by atoms with Crippen LogP contribution in [0.25, 0.3) is 0 Å². The number of benzene rings is 1. The highest BCUT2D eigenvalue weighted by Gasteiger charge is 2.31. The Hall–Kier alpha value is -1.72. The highest BCUT2D eigenvalue weighted by molar-refractivity contribution is 5.86. The van der Waals surface area contributed by atoms with Crippen molar-refractivity contribution in [2.75, 3.05) is 5.32 Å². The number of carbonyl (C=O) groups is 1. The summed E-state index contributed by atoms with van der Waals surface area (Å²) in [6, 6.07) is 4.61. The van der Waals surface area contributed by atoms with Crippen LogP contribution in [0, 0.1) is 0 Å². The number of primary amides is 1. The number of alkyl halides is 3. The minimum atomic E-state index is -4.41. The highest BCUT2D eigenvalue weighted by atomic mass is 19.4. The van der Waals surface area contributed by atoms with Crippen molar-refractivity contribution in [3.05, 3.63) is 29.8 Å². The van der Waals surface area contributed by atoms with E-state index < -0.39 is 23.2 Å². The third kappa shape index (κ3) is 3.37. The summed E-state index contributed by atoms with van der Waals surface area (Å²) in [7, 11) is 0. The molecule has 1 aromatic carbocycles. The quantitative estimate of drug-likeness (QED) is 0.860. The smallest absolute Gasteiger partial charge is 0.372 e. The first-order chi connectivity index (χ1) is 7.63. The maximum Gasteiger partial charge on any atom is 0.416 e. The first kappa shape index (κ1) is 13.3. The van der Waals surface area contributed by atoms with E-state index in [1.807, 2.05) is 0 Å². The monoisotopic (exact) mass is 246 g/mol. The molecule has 0 atom stereocenters. The fourth-order valence-corrected chi connectivity index (χ4v) is 1.20. The number of amides is 1. The first-order valence-corrected chi connectivity index (χ1v) is 4.88. The maximum atomic E-state index is 12.4. The van der Waals surface area contributed by atoms with Crippen molar-refractivity contribution in [3.63, 3.8) is 0 Å². The molecule has 0 saturated heterocycles. The molecule has 3 N–H and O–H groups in total. The Morgan fingerprint density at radius 1 is 1.29 bits per heavy atom. The normalized spacial score (nSPS) is 12.3. The van der Waals surface area contributed by atoms with E-state index in [0.717, 1.165) is 12.1 Å². The Morgan fingerprint density at radius 3 is 2.35 bits per heavy atom. The molecular weight excluding hydrogens is 233 g/mol. The van der Waals surface area contributed by atoms with Crippen LogP contribution in [-0.4, -0.2) is 11.4 Å². The van der Waals surface area contributed by atoms with Gasteiger partial charge in [-0.25, -0.2) is 0 Å². The number of rotatable bonds is 3. The van der Waals surface area contributed by atoms with Gasteiger partial charge in [0.25, 0.3) is 0 Å². The van der Waals surface area contributed by atoms with Crippen LogP contribution in [0.2, 0.25) is 0 Å². The Balaban J connectivity index is 2.98. The Labute approximate surface area is 96.8 Å². The number of nitrogens with two attached hydrogens (primary N) is 1. The predicted octanol–water partition coefficient (Wildman–Crippen LogP) is 2.38. The highest BCUT2D eigenvalue weighted by Crippen LogP contribution is 2.31. The number of hydrogen-bond acceptors (Lipinski definition) is 2. The van der Waals surface area contributed by atoms with Gasteiger partial charge in [0.05, 0.1) is 5.56 Å².